The van der Waals surface area contributed by atoms with E-state index in [2.05, 4.69) is 30.5 Å². The van der Waals surface area contributed by atoms with Crippen LogP contribution >= 0.6 is 0 Å². The molecular weight excluding hydrogens is 451 g/mol. The smallest absolute Gasteiger partial charge is 0.475 e. The Labute approximate surface area is 197 Å². The van der Waals surface area contributed by atoms with Crippen molar-refractivity contribution in [2.75, 3.05) is 18.0 Å². The number of carbonyl (C=O) groups excluding carboxylic acids is 2. The van der Waals surface area contributed by atoms with E-state index >= 15 is 0 Å². The number of para-hydroxylation sites is 1. The first kappa shape index (κ1) is 27.4. The Balaban J connectivity index is 0.000000509. The van der Waals surface area contributed by atoms with Crippen molar-refractivity contribution in [3.05, 3.63) is 42.0 Å². The minimum absolute atomic E-state index is 0.0150. The van der Waals surface area contributed by atoms with Crippen molar-refractivity contribution in [1.29, 1.82) is 0 Å². The van der Waals surface area contributed by atoms with Crippen molar-refractivity contribution >= 4 is 23.5 Å². The molecule has 188 valence electrons. The van der Waals surface area contributed by atoms with E-state index in [1.165, 1.54) is 5.56 Å². The molecule has 3 N–H and O–H groups in total. The molecule has 2 heterocycles. The van der Waals surface area contributed by atoms with Gasteiger partial charge in [-0.1, -0.05) is 44.5 Å². The summed E-state index contributed by atoms with van der Waals surface area (Å²) < 4.78 is 31.7. The number of carboxylic acids is 1. The van der Waals surface area contributed by atoms with Crippen LogP contribution in [0.3, 0.4) is 0 Å². The van der Waals surface area contributed by atoms with E-state index in [0.717, 1.165) is 50.9 Å². The molecule has 0 aromatic heterocycles. The van der Waals surface area contributed by atoms with E-state index in [-0.39, 0.29) is 23.9 Å². The van der Waals surface area contributed by atoms with E-state index in [0.29, 0.717) is 5.92 Å². The van der Waals surface area contributed by atoms with Crippen molar-refractivity contribution in [2.45, 2.75) is 64.2 Å². The number of carboxylic acid groups (broad SMARTS) is 1. The molecule has 2 atom stereocenters. The van der Waals surface area contributed by atoms with E-state index in [9.17, 15) is 22.8 Å². The molecule has 1 saturated heterocycles. The number of nitrogens with one attached hydrogen (secondary N) is 2. The molecule has 3 rings (SSSR count). The summed E-state index contributed by atoms with van der Waals surface area (Å²) in [5.41, 5.74) is 2.22. The van der Waals surface area contributed by atoms with Gasteiger partial charge in [0.15, 0.2) is 0 Å². The zero-order chi connectivity index (χ0) is 25.3. The van der Waals surface area contributed by atoms with Gasteiger partial charge in [-0.05, 0) is 49.8 Å². The SMILES string of the molecule is CC(C)C[C@@H](/C=C/C(=O)N1CCc2ccccc21)NC(=O)[C@@H]1CCCCN1.O=C(O)C(F)(F)F. The third-order valence-corrected chi connectivity index (χ3v) is 5.55. The highest BCUT2D eigenvalue weighted by atomic mass is 19.4. The molecule has 0 aliphatic carbocycles. The minimum atomic E-state index is -5.08. The summed E-state index contributed by atoms with van der Waals surface area (Å²) in [7, 11) is 0. The second-order valence-corrected chi connectivity index (χ2v) is 8.78. The van der Waals surface area contributed by atoms with Gasteiger partial charge < -0.3 is 20.6 Å². The molecule has 0 radical (unpaired) electrons. The third-order valence-electron chi connectivity index (χ3n) is 5.55. The summed E-state index contributed by atoms with van der Waals surface area (Å²) in [6.45, 7) is 5.88. The Morgan fingerprint density at radius 2 is 1.91 bits per heavy atom. The lowest BCUT2D eigenvalue weighted by atomic mass is 10.0. The van der Waals surface area contributed by atoms with Gasteiger partial charge in [0.2, 0.25) is 5.91 Å². The molecule has 0 spiro atoms. The van der Waals surface area contributed by atoms with Gasteiger partial charge in [0.25, 0.3) is 5.91 Å². The fourth-order valence-corrected chi connectivity index (χ4v) is 3.91. The van der Waals surface area contributed by atoms with Gasteiger partial charge in [0, 0.05) is 24.4 Å². The molecular formula is C24H32F3N3O4. The average molecular weight is 484 g/mol. The number of rotatable bonds is 6. The third kappa shape index (κ3) is 8.48. The maximum atomic E-state index is 12.7. The molecule has 1 fully saturated rings. The van der Waals surface area contributed by atoms with Crippen molar-refractivity contribution in [3.8, 4) is 0 Å². The van der Waals surface area contributed by atoms with Gasteiger partial charge >= 0.3 is 12.1 Å². The number of aliphatic carboxylic acids is 1. The number of amides is 2. The predicted octanol–water partition coefficient (Wildman–Crippen LogP) is 3.44. The fourth-order valence-electron chi connectivity index (χ4n) is 3.91. The number of fused-ring (bicyclic) bond motifs is 1. The van der Waals surface area contributed by atoms with Crippen molar-refractivity contribution in [1.82, 2.24) is 10.6 Å². The van der Waals surface area contributed by atoms with Gasteiger partial charge in [-0.15, -0.1) is 0 Å². The molecule has 1 aromatic rings. The number of alkyl halides is 3. The highest BCUT2D eigenvalue weighted by Gasteiger charge is 2.38. The van der Waals surface area contributed by atoms with Gasteiger partial charge in [0.05, 0.1) is 6.04 Å². The van der Waals surface area contributed by atoms with Crippen LogP contribution < -0.4 is 15.5 Å². The van der Waals surface area contributed by atoms with Crippen LogP contribution in [0.15, 0.2) is 36.4 Å². The highest BCUT2D eigenvalue weighted by Crippen LogP contribution is 2.27. The van der Waals surface area contributed by atoms with Gasteiger partial charge in [0.1, 0.15) is 0 Å². The molecule has 0 saturated carbocycles. The predicted molar refractivity (Wildman–Crippen MR) is 122 cm³/mol. The summed E-state index contributed by atoms with van der Waals surface area (Å²) in [6.07, 6.45) is 3.22. The van der Waals surface area contributed by atoms with Crippen LogP contribution in [0, 0.1) is 5.92 Å². The zero-order valence-electron chi connectivity index (χ0n) is 19.4. The molecule has 2 aliphatic rings. The summed E-state index contributed by atoms with van der Waals surface area (Å²) in [5, 5.41) is 13.5. The highest BCUT2D eigenvalue weighted by molar-refractivity contribution is 6.03. The van der Waals surface area contributed by atoms with E-state index < -0.39 is 12.1 Å². The van der Waals surface area contributed by atoms with Crippen LogP contribution in [0.5, 0.6) is 0 Å². The summed E-state index contributed by atoms with van der Waals surface area (Å²) in [5.74, 6) is -2.29. The number of carbonyl (C=O) groups is 3. The normalized spacial score (nSPS) is 18.8. The number of hydrogen-bond donors (Lipinski definition) is 3. The van der Waals surface area contributed by atoms with Crippen molar-refractivity contribution < 1.29 is 32.7 Å². The van der Waals surface area contributed by atoms with Gasteiger partial charge in [-0.2, -0.15) is 13.2 Å². The fraction of sp³-hybridized carbons (Fsp3) is 0.542. The second kappa shape index (κ2) is 12.5. The Hall–Kier alpha value is -2.88. The number of nitrogens with zero attached hydrogens (tertiary/aromatic N) is 1. The molecule has 0 unspecified atom stereocenters. The summed E-state index contributed by atoms with van der Waals surface area (Å²) in [4.78, 5) is 36.0. The Morgan fingerprint density at radius 1 is 1.24 bits per heavy atom. The lowest BCUT2D eigenvalue weighted by molar-refractivity contribution is -0.192. The van der Waals surface area contributed by atoms with Gasteiger partial charge in [-0.25, -0.2) is 4.79 Å². The number of anilines is 1. The maximum absolute atomic E-state index is 12.7. The van der Waals surface area contributed by atoms with Crippen molar-refractivity contribution in [2.24, 2.45) is 5.92 Å². The minimum Gasteiger partial charge on any atom is -0.475 e. The second-order valence-electron chi connectivity index (χ2n) is 8.78. The molecule has 2 aliphatic heterocycles. The number of hydrogen-bond acceptors (Lipinski definition) is 4. The monoisotopic (exact) mass is 483 g/mol. The number of halogens is 3. The van der Waals surface area contributed by atoms with Crippen LogP contribution in [0.4, 0.5) is 18.9 Å². The van der Waals surface area contributed by atoms with E-state index in [4.69, 9.17) is 9.90 Å². The molecule has 7 nitrogen and oxygen atoms in total. The Morgan fingerprint density at radius 3 is 2.50 bits per heavy atom. The first-order valence-corrected chi connectivity index (χ1v) is 11.4. The molecule has 34 heavy (non-hydrogen) atoms. The van der Waals surface area contributed by atoms with E-state index in [1.54, 1.807) is 6.08 Å². The van der Waals surface area contributed by atoms with Crippen LogP contribution in [-0.4, -0.2) is 54.2 Å². The lowest BCUT2D eigenvalue weighted by Crippen LogP contribution is -2.49. The summed E-state index contributed by atoms with van der Waals surface area (Å²) in [6, 6.07) is 7.82. The van der Waals surface area contributed by atoms with Crippen LogP contribution in [0.2, 0.25) is 0 Å². The topological polar surface area (TPSA) is 98.7 Å². The maximum Gasteiger partial charge on any atom is 0.490 e. The first-order chi connectivity index (χ1) is 16.0. The quantitative estimate of drug-likeness (QED) is 0.539. The molecule has 10 heteroatoms. The van der Waals surface area contributed by atoms with Gasteiger partial charge in [-0.3, -0.25) is 9.59 Å². The number of piperidine rings is 1. The summed E-state index contributed by atoms with van der Waals surface area (Å²) >= 11 is 0. The first-order valence-electron chi connectivity index (χ1n) is 11.4. The van der Waals surface area contributed by atoms with Crippen LogP contribution in [0.1, 0.15) is 45.1 Å². The van der Waals surface area contributed by atoms with E-state index in [1.807, 2.05) is 29.2 Å². The molecule has 2 amide bonds. The number of benzene rings is 1. The molecule has 1 aromatic carbocycles. The zero-order valence-corrected chi connectivity index (χ0v) is 19.4. The Kier molecular flexibility index (Phi) is 10.1. The lowest BCUT2D eigenvalue weighted by Gasteiger charge is -2.25. The standard InChI is InChI=1S/C22H31N3O2.C2HF3O2/c1-16(2)15-18(24-22(27)19-8-5-6-13-23-19)10-11-21(26)25-14-12-17-7-3-4-9-20(17)25;3-2(4,5)1(6)7/h3-4,7,9-11,16,18-19,23H,5-6,8,12-15H2,1-2H3,(H,24,27);(H,6,7)/b11-10+;/t18-,19+;/m1./s1. The Bertz CT molecular complexity index is 880. The van der Waals surface area contributed by atoms with Crippen LogP contribution in [0.25, 0.3) is 0 Å². The largest absolute Gasteiger partial charge is 0.490 e. The van der Waals surface area contributed by atoms with Crippen molar-refractivity contribution in [3.63, 3.8) is 0 Å². The molecule has 0 bridgehead atoms. The average Bonchev–Trinajstić information content (AvgIpc) is 3.21. The van der Waals surface area contributed by atoms with Crippen LogP contribution in [-0.2, 0) is 20.8 Å².